The topological polar surface area (TPSA) is 116 Å². The molecule has 0 spiro atoms. The van der Waals surface area contributed by atoms with Crippen LogP contribution < -0.4 is 16.8 Å². The summed E-state index contributed by atoms with van der Waals surface area (Å²) < 4.78 is 49.8. The summed E-state index contributed by atoms with van der Waals surface area (Å²) in [4.78, 5) is 21.3. The second-order valence-electron chi connectivity index (χ2n) is 10.0. The SMILES string of the molecule is C[C@@H]1C[C@@H](N)C[C@H](c2ccncc2NC(=O)c2nc(-c3c(F)cc(C4COC4)cc3F)c(F)cc2N)C1. The van der Waals surface area contributed by atoms with Crippen LogP contribution in [0.25, 0.3) is 11.3 Å². The number of carbonyl (C=O) groups is 1. The average Bonchev–Trinajstić information content (AvgIpc) is 2.78. The molecule has 10 heteroatoms. The number of nitrogens with zero attached hydrogens (tertiary/aromatic N) is 2. The van der Waals surface area contributed by atoms with Crippen molar-refractivity contribution in [3.05, 3.63) is 70.9 Å². The van der Waals surface area contributed by atoms with Gasteiger partial charge in [-0.3, -0.25) is 9.78 Å². The Morgan fingerprint density at radius 3 is 2.43 bits per heavy atom. The first-order valence-electron chi connectivity index (χ1n) is 12.2. The summed E-state index contributed by atoms with van der Waals surface area (Å²) in [5.41, 5.74) is 12.0. The van der Waals surface area contributed by atoms with Gasteiger partial charge in [0.2, 0.25) is 0 Å². The minimum Gasteiger partial charge on any atom is -0.397 e. The number of hydrogen-bond donors (Lipinski definition) is 3. The van der Waals surface area contributed by atoms with Crippen LogP contribution in [0.5, 0.6) is 0 Å². The first kappa shape index (κ1) is 25.2. The van der Waals surface area contributed by atoms with Crippen LogP contribution in [0.3, 0.4) is 0 Å². The number of ether oxygens (including phenoxy) is 1. The molecule has 2 aliphatic rings. The number of pyridine rings is 2. The third-order valence-electron chi connectivity index (χ3n) is 7.15. The highest BCUT2D eigenvalue weighted by Gasteiger charge is 2.29. The van der Waals surface area contributed by atoms with Crippen molar-refractivity contribution in [1.29, 1.82) is 0 Å². The summed E-state index contributed by atoms with van der Waals surface area (Å²) in [5.74, 6) is -3.34. The fraction of sp³-hybridized carbons (Fsp3) is 0.370. The zero-order valence-corrected chi connectivity index (χ0v) is 20.3. The minimum absolute atomic E-state index is 0.0513. The average molecular weight is 512 g/mol. The Morgan fingerprint density at radius 2 is 1.78 bits per heavy atom. The van der Waals surface area contributed by atoms with Gasteiger partial charge in [0.05, 0.1) is 36.3 Å². The van der Waals surface area contributed by atoms with E-state index >= 15 is 0 Å². The second-order valence-corrected chi connectivity index (χ2v) is 10.0. The lowest BCUT2D eigenvalue weighted by Gasteiger charge is -2.32. The molecule has 1 saturated carbocycles. The van der Waals surface area contributed by atoms with E-state index in [1.54, 1.807) is 6.20 Å². The monoisotopic (exact) mass is 511 g/mol. The van der Waals surface area contributed by atoms with Crippen LogP contribution in [0.2, 0.25) is 0 Å². The quantitative estimate of drug-likeness (QED) is 0.456. The van der Waals surface area contributed by atoms with Gasteiger partial charge in [0.1, 0.15) is 17.3 Å². The third kappa shape index (κ3) is 5.03. The number of carbonyl (C=O) groups excluding carboxylic acids is 1. The molecule has 0 radical (unpaired) electrons. The molecule has 1 aliphatic heterocycles. The number of aromatic nitrogens is 2. The molecule has 5 rings (SSSR count). The van der Waals surface area contributed by atoms with Gasteiger partial charge in [-0.15, -0.1) is 0 Å². The molecule has 2 aromatic heterocycles. The number of hydrogen-bond acceptors (Lipinski definition) is 6. The van der Waals surface area contributed by atoms with E-state index in [1.807, 2.05) is 6.07 Å². The van der Waals surface area contributed by atoms with E-state index in [-0.39, 0.29) is 29.3 Å². The Morgan fingerprint density at radius 1 is 1.05 bits per heavy atom. The summed E-state index contributed by atoms with van der Waals surface area (Å²) in [6.45, 7) is 2.86. The van der Waals surface area contributed by atoms with Gasteiger partial charge in [0, 0.05) is 24.2 Å². The molecular formula is C27H28F3N5O2. The van der Waals surface area contributed by atoms with Crippen LogP contribution in [-0.2, 0) is 4.74 Å². The summed E-state index contributed by atoms with van der Waals surface area (Å²) in [7, 11) is 0. The maximum absolute atomic E-state index is 15.0. The standard InChI is InChI=1S/C27H28F3N5O2/c1-13-4-15(6-17(31)5-13)18-2-3-33-10-23(18)34-27(36)26-22(32)9-21(30)25(35-26)24-19(28)7-14(8-20(24)29)16-11-37-12-16/h2-3,7-10,13,15-17H,4-6,11-12,31-32H2,1H3,(H,34,36)/t13-,15+,17+/m0/s1. The van der Waals surface area contributed by atoms with Gasteiger partial charge < -0.3 is 21.5 Å². The van der Waals surface area contributed by atoms with Crippen molar-refractivity contribution in [2.45, 2.75) is 44.1 Å². The van der Waals surface area contributed by atoms with Crippen molar-refractivity contribution < 1.29 is 22.7 Å². The van der Waals surface area contributed by atoms with E-state index < -0.39 is 34.6 Å². The fourth-order valence-electron chi connectivity index (χ4n) is 5.30. The molecule has 0 unspecified atom stereocenters. The number of rotatable bonds is 5. The van der Waals surface area contributed by atoms with Crippen LogP contribution in [0.1, 0.15) is 59.6 Å². The molecule has 37 heavy (non-hydrogen) atoms. The zero-order valence-electron chi connectivity index (χ0n) is 20.3. The number of nitrogens with two attached hydrogens (primary N) is 2. The lowest BCUT2D eigenvalue weighted by molar-refractivity contribution is 0.00822. The largest absolute Gasteiger partial charge is 0.397 e. The summed E-state index contributed by atoms with van der Waals surface area (Å²) in [5, 5.41) is 2.75. The normalized spacial score (nSPS) is 21.9. The van der Waals surface area contributed by atoms with E-state index in [4.69, 9.17) is 16.2 Å². The number of amides is 1. The smallest absolute Gasteiger partial charge is 0.276 e. The molecule has 2 fully saturated rings. The Labute approximate surface area is 212 Å². The van der Waals surface area contributed by atoms with Crippen LogP contribution in [-0.4, -0.2) is 35.1 Å². The van der Waals surface area contributed by atoms with Crippen LogP contribution in [0, 0.1) is 23.4 Å². The van der Waals surface area contributed by atoms with Crippen LogP contribution in [0.4, 0.5) is 24.5 Å². The van der Waals surface area contributed by atoms with Crippen LogP contribution in [0.15, 0.2) is 36.7 Å². The van der Waals surface area contributed by atoms with Gasteiger partial charge >= 0.3 is 0 Å². The van der Waals surface area contributed by atoms with Crippen molar-refractivity contribution in [3.8, 4) is 11.3 Å². The number of anilines is 2. The van der Waals surface area contributed by atoms with Gasteiger partial charge in [-0.2, -0.15) is 0 Å². The summed E-state index contributed by atoms with van der Waals surface area (Å²) in [6.07, 6.45) is 5.76. The predicted molar refractivity (Wildman–Crippen MR) is 133 cm³/mol. The maximum Gasteiger partial charge on any atom is 0.276 e. The summed E-state index contributed by atoms with van der Waals surface area (Å²) in [6, 6.07) is 5.00. The predicted octanol–water partition coefficient (Wildman–Crippen LogP) is 4.74. The zero-order chi connectivity index (χ0) is 26.3. The van der Waals surface area contributed by atoms with Gasteiger partial charge in [0.25, 0.3) is 5.91 Å². The molecular weight excluding hydrogens is 483 g/mol. The van der Waals surface area contributed by atoms with Crippen molar-refractivity contribution in [3.63, 3.8) is 0 Å². The van der Waals surface area contributed by atoms with E-state index in [1.165, 1.54) is 6.20 Å². The molecule has 0 bridgehead atoms. The van der Waals surface area contributed by atoms with Crippen LogP contribution >= 0.6 is 0 Å². The number of halogens is 3. The molecule has 1 aromatic carbocycles. The second kappa shape index (κ2) is 10.1. The maximum atomic E-state index is 15.0. The van der Waals surface area contributed by atoms with Gasteiger partial charge in [-0.25, -0.2) is 18.2 Å². The first-order chi connectivity index (χ1) is 17.7. The Bertz CT molecular complexity index is 1310. The van der Waals surface area contributed by atoms with E-state index in [9.17, 15) is 18.0 Å². The highest BCUT2D eigenvalue weighted by molar-refractivity contribution is 6.07. The number of nitrogens with one attached hydrogen (secondary N) is 1. The Hall–Kier alpha value is -3.50. The lowest BCUT2D eigenvalue weighted by Crippen LogP contribution is -2.31. The Kier molecular flexibility index (Phi) is 6.87. The van der Waals surface area contributed by atoms with Crippen molar-refractivity contribution >= 4 is 17.3 Å². The Balaban J connectivity index is 1.46. The molecule has 1 aliphatic carbocycles. The molecule has 1 amide bonds. The van der Waals surface area contributed by atoms with E-state index in [0.29, 0.717) is 30.4 Å². The fourth-order valence-corrected chi connectivity index (χ4v) is 5.30. The number of nitrogen functional groups attached to an aromatic ring is 1. The van der Waals surface area contributed by atoms with Gasteiger partial charge in [-0.1, -0.05) is 6.92 Å². The van der Waals surface area contributed by atoms with Crippen molar-refractivity contribution in [2.24, 2.45) is 11.7 Å². The number of benzene rings is 1. The van der Waals surface area contributed by atoms with E-state index in [0.717, 1.165) is 43.0 Å². The molecule has 1 saturated heterocycles. The molecule has 3 heterocycles. The lowest BCUT2D eigenvalue weighted by atomic mass is 9.76. The van der Waals surface area contributed by atoms with Crippen molar-refractivity contribution in [1.82, 2.24) is 9.97 Å². The molecule has 7 nitrogen and oxygen atoms in total. The minimum atomic E-state index is -1.04. The van der Waals surface area contributed by atoms with E-state index in [2.05, 4.69) is 22.2 Å². The highest BCUT2D eigenvalue weighted by atomic mass is 19.1. The molecule has 5 N–H and O–H groups in total. The first-order valence-corrected chi connectivity index (χ1v) is 12.2. The molecule has 3 atom stereocenters. The van der Waals surface area contributed by atoms with Crippen molar-refractivity contribution in [2.75, 3.05) is 24.3 Å². The van der Waals surface area contributed by atoms with Gasteiger partial charge in [0.15, 0.2) is 11.5 Å². The molecule has 194 valence electrons. The third-order valence-corrected chi connectivity index (χ3v) is 7.15. The highest BCUT2D eigenvalue weighted by Crippen LogP contribution is 2.39. The summed E-state index contributed by atoms with van der Waals surface area (Å²) >= 11 is 0. The van der Waals surface area contributed by atoms with Gasteiger partial charge in [-0.05, 0) is 60.4 Å². The molecule has 3 aromatic rings.